The van der Waals surface area contributed by atoms with Crippen molar-refractivity contribution in [3.8, 4) is 0 Å². The number of nitrogens with zero attached hydrogens (tertiary/aromatic N) is 3. The summed E-state index contributed by atoms with van der Waals surface area (Å²) in [6.45, 7) is 1.84. The molecular formula is C14H17N3O. The molecule has 3 rings (SSSR count). The first-order valence-corrected chi connectivity index (χ1v) is 6.42. The molecule has 1 aromatic carbocycles. The lowest BCUT2D eigenvalue weighted by Gasteiger charge is -2.14. The summed E-state index contributed by atoms with van der Waals surface area (Å²) in [5.74, 6) is 0.239. The topological polar surface area (TPSA) is 38.1 Å². The summed E-state index contributed by atoms with van der Waals surface area (Å²) in [6, 6.07) is 6.08. The minimum absolute atomic E-state index is 0.239. The zero-order valence-corrected chi connectivity index (χ0v) is 10.6. The summed E-state index contributed by atoms with van der Waals surface area (Å²) in [5.41, 5.74) is 3.12. The summed E-state index contributed by atoms with van der Waals surface area (Å²) in [7, 11) is 1.98. The molecule has 4 heteroatoms. The van der Waals surface area contributed by atoms with Gasteiger partial charge in [0, 0.05) is 20.1 Å². The van der Waals surface area contributed by atoms with E-state index in [0.717, 1.165) is 42.5 Å². The van der Waals surface area contributed by atoms with Crippen LogP contribution in [0.4, 0.5) is 0 Å². The monoisotopic (exact) mass is 243 g/mol. The lowest BCUT2D eigenvalue weighted by Crippen LogP contribution is -2.29. The summed E-state index contributed by atoms with van der Waals surface area (Å²) in [4.78, 5) is 18.3. The molecule has 0 spiro atoms. The van der Waals surface area contributed by atoms with Gasteiger partial charge >= 0.3 is 0 Å². The van der Waals surface area contributed by atoms with E-state index in [-0.39, 0.29) is 5.91 Å². The minimum Gasteiger partial charge on any atom is -0.342 e. The van der Waals surface area contributed by atoms with Crippen molar-refractivity contribution in [3.05, 3.63) is 30.1 Å². The Morgan fingerprint density at radius 1 is 1.33 bits per heavy atom. The Hall–Kier alpha value is -1.84. The molecule has 0 unspecified atom stereocenters. The summed E-state index contributed by atoms with van der Waals surface area (Å²) < 4.78 is 1.99. The maximum atomic E-state index is 12.1. The Labute approximate surface area is 106 Å². The fraction of sp³-hybridized carbons (Fsp3) is 0.429. The average Bonchev–Trinajstić information content (AvgIpc) is 2.99. The first-order chi connectivity index (χ1) is 8.74. The predicted molar refractivity (Wildman–Crippen MR) is 70.2 cm³/mol. The van der Waals surface area contributed by atoms with Gasteiger partial charge in [-0.1, -0.05) is 6.07 Å². The Morgan fingerprint density at radius 3 is 2.89 bits per heavy atom. The fourth-order valence-corrected chi connectivity index (χ4v) is 2.54. The third-order valence-electron chi connectivity index (χ3n) is 3.60. The van der Waals surface area contributed by atoms with Crippen LogP contribution in [0.5, 0.6) is 0 Å². The van der Waals surface area contributed by atoms with Crippen LogP contribution >= 0.6 is 0 Å². The highest BCUT2D eigenvalue weighted by atomic mass is 16.2. The maximum absolute atomic E-state index is 12.1. The number of hydrogen-bond donors (Lipinski definition) is 0. The second-order valence-electron chi connectivity index (χ2n) is 4.94. The Morgan fingerprint density at radius 2 is 2.11 bits per heavy atom. The summed E-state index contributed by atoms with van der Waals surface area (Å²) >= 11 is 0. The SMILES string of the molecule is Cn1cnc2cc(CC(=O)N3CCCC3)ccc21. The maximum Gasteiger partial charge on any atom is 0.226 e. The zero-order chi connectivity index (χ0) is 12.5. The molecule has 0 aliphatic carbocycles. The van der Waals surface area contributed by atoms with Crippen LogP contribution in [0.25, 0.3) is 11.0 Å². The lowest BCUT2D eigenvalue weighted by atomic mass is 10.1. The summed E-state index contributed by atoms with van der Waals surface area (Å²) in [6.07, 6.45) is 4.58. The zero-order valence-electron chi connectivity index (χ0n) is 10.6. The molecule has 18 heavy (non-hydrogen) atoms. The normalized spacial score (nSPS) is 15.5. The number of aryl methyl sites for hydroxylation is 1. The number of carbonyl (C=O) groups excluding carboxylic acids is 1. The molecule has 1 fully saturated rings. The van der Waals surface area contributed by atoms with E-state index in [1.54, 1.807) is 6.33 Å². The Balaban J connectivity index is 1.79. The third kappa shape index (κ3) is 1.98. The molecule has 2 aromatic rings. The van der Waals surface area contributed by atoms with Crippen molar-refractivity contribution in [2.24, 2.45) is 7.05 Å². The number of carbonyl (C=O) groups is 1. The van der Waals surface area contributed by atoms with Crippen LogP contribution in [0.2, 0.25) is 0 Å². The van der Waals surface area contributed by atoms with E-state index in [0.29, 0.717) is 6.42 Å². The van der Waals surface area contributed by atoms with Gasteiger partial charge in [0.25, 0.3) is 0 Å². The first kappa shape index (κ1) is 11.3. The van der Waals surface area contributed by atoms with Crippen molar-refractivity contribution in [3.63, 3.8) is 0 Å². The van der Waals surface area contributed by atoms with E-state index in [2.05, 4.69) is 4.98 Å². The molecule has 2 heterocycles. The highest BCUT2D eigenvalue weighted by molar-refractivity contribution is 5.82. The number of hydrogen-bond acceptors (Lipinski definition) is 2. The molecule has 1 aliphatic rings. The van der Waals surface area contributed by atoms with Gasteiger partial charge in [0.05, 0.1) is 23.8 Å². The summed E-state index contributed by atoms with van der Waals surface area (Å²) in [5, 5.41) is 0. The smallest absolute Gasteiger partial charge is 0.226 e. The molecule has 1 amide bonds. The van der Waals surface area contributed by atoms with Crippen LogP contribution < -0.4 is 0 Å². The van der Waals surface area contributed by atoms with Crippen molar-refractivity contribution in [1.29, 1.82) is 0 Å². The van der Waals surface area contributed by atoms with Gasteiger partial charge < -0.3 is 9.47 Å². The van der Waals surface area contributed by atoms with Gasteiger partial charge in [0.2, 0.25) is 5.91 Å². The highest BCUT2D eigenvalue weighted by Gasteiger charge is 2.18. The van der Waals surface area contributed by atoms with Crippen molar-refractivity contribution in [2.45, 2.75) is 19.3 Å². The van der Waals surface area contributed by atoms with Gasteiger partial charge in [-0.25, -0.2) is 4.98 Å². The quantitative estimate of drug-likeness (QED) is 0.805. The van der Waals surface area contributed by atoms with Gasteiger partial charge in [0.15, 0.2) is 0 Å². The van der Waals surface area contributed by atoms with Gasteiger partial charge in [-0.3, -0.25) is 4.79 Å². The number of imidazole rings is 1. The van der Waals surface area contributed by atoms with E-state index < -0.39 is 0 Å². The van der Waals surface area contributed by atoms with E-state index >= 15 is 0 Å². The van der Waals surface area contributed by atoms with Crippen molar-refractivity contribution < 1.29 is 4.79 Å². The molecule has 0 saturated carbocycles. The lowest BCUT2D eigenvalue weighted by molar-refractivity contribution is -0.129. The van der Waals surface area contributed by atoms with E-state index in [1.807, 2.05) is 34.7 Å². The molecule has 0 bridgehead atoms. The number of amides is 1. The van der Waals surface area contributed by atoms with Gasteiger partial charge in [0.1, 0.15) is 0 Å². The second-order valence-corrected chi connectivity index (χ2v) is 4.94. The Bertz CT molecular complexity index is 582. The molecule has 1 aromatic heterocycles. The number of rotatable bonds is 2. The molecule has 1 saturated heterocycles. The number of likely N-dealkylation sites (tertiary alicyclic amines) is 1. The number of fused-ring (bicyclic) bond motifs is 1. The average molecular weight is 243 g/mol. The van der Waals surface area contributed by atoms with Crippen molar-refractivity contribution in [2.75, 3.05) is 13.1 Å². The van der Waals surface area contributed by atoms with Gasteiger partial charge in [-0.15, -0.1) is 0 Å². The first-order valence-electron chi connectivity index (χ1n) is 6.42. The minimum atomic E-state index is 0.239. The van der Waals surface area contributed by atoms with Gasteiger partial charge in [-0.05, 0) is 30.5 Å². The van der Waals surface area contributed by atoms with Gasteiger partial charge in [-0.2, -0.15) is 0 Å². The van der Waals surface area contributed by atoms with Crippen LogP contribution in [0.1, 0.15) is 18.4 Å². The Kier molecular flexibility index (Phi) is 2.78. The molecule has 94 valence electrons. The number of aromatic nitrogens is 2. The molecule has 0 radical (unpaired) electrons. The largest absolute Gasteiger partial charge is 0.342 e. The molecular weight excluding hydrogens is 226 g/mol. The van der Waals surface area contributed by atoms with Crippen LogP contribution in [-0.4, -0.2) is 33.4 Å². The molecule has 4 nitrogen and oxygen atoms in total. The number of benzene rings is 1. The highest BCUT2D eigenvalue weighted by Crippen LogP contribution is 2.16. The van der Waals surface area contributed by atoms with Crippen LogP contribution in [0.15, 0.2) is 24.5 Å². The van der Waals surface area contributed by atoms with Crippen molar-refractivity contribution in [1.82, 2.24) is 14.5 Å². The molecule has 0 atom stereocenters. The van der Waals surface area contributed by atoms with E-state index in [4.69, 9.17) is 0 Å². The fourth-order valence-electron chi connectivity index (χ4n) is 2.54. The van der Waals surface area contributed by atoms with Crippen LogP contribution in [-0.2, 0) is 18.3 Å². The van der Waals surface area contributed by atoms with Crippen LogP contribution in [0, 0.1) is 0 Å². The van der Waals surface area contributed by atoms with E-state index in [9.17, 15) is 4.79 Å². The molecule has 1 aliphatic heterocycles. The predicted octanol–water partition coefficient (Wildman–Crippen LogP) is 1.74. The van der Waals surface area contributed by atoms with Crippen LogP contribution in [0.3, 0.4) is 0 Å². The second kappa shape index (κ2) is 4.44. The standard InChI is InChI=1S/C14H17N3O/c1-16-10-15-12-8-11(4-5-13(12)16)9-14(18)17-6-2-3-7-17/h4-5,8,10H,2-3,6-7,9H2,1H3. The van der Waals surface area contributed by atoms with E-state index in [1.165, 1.54) is 0 Å². The molecule has 0 N–H and O–H groups in total. The van der Waals surface area contributed by atoms with Crippen molar-refractivity contribution >= 4 is 16.9 Å². The third-order valence-corrected chi connectivity index (χ3v) is 3.60.